The lowest BCUT2D eigenvalue weighted by Crippen LogP contribution is -2.40. The SMILES string of the molecule is CCOC(=O)c1c(C)n(Cc2ccccc2)c2ccc(OCCCN3CCC(F)(F)CC3)cc12. The van der Waals surface area contributed by atoms with Crippen LogP contribution in [-0.4, -0.2) is 54.2 Å². The number of fused-ring (bicyclic) bond motifs is 1. The van der Waals surface area contributed by atoms with Gasteiger partial charge < -0.3 is 18.9 Å². The number of likely N-dealkylation sites (tertiary alicyclic amines) is 1. The number of carbonyl (C=O) groups excluding carboxylic acids is 1. The highest BCUT2D eigenvalue weighted by atomic mass is 19.3. The van der Waals surface area contributed by atoms with Crippen LogP contribution in [0.2, 0.25) is 0 Å². The molecule has 5 nitrogen and oxygen atoms in total. The van der Waals surface area contributed by atoms with Crippen molar-refractivity contribution in [3.63, 3.8) is 0 Å². The zero-order valence-corrected chi connectivity index (χ0v) is 19.9. The van der Waals surface area contributed by atoms with E-state index in [2.05, 4.69) is 21.6 Å². The fourth-order valence-corrected chi connectivity index (χ4v) is 4.56. The molecule has 1 aliphatic rings. The molecule has 1 fully saturated rings. The molecule has 2 aromatic carbocycles. The first-order valence-electron chi connectivity index (χ1n) is 11.9. The maximum Gasteiger partial charge on any atom is 0.340 e. The molecular formula is C27H32F2N2O3. The van der Waals surface area contributed by atoms with Gasteiger partial charge >= 0.3 is 5.97 Å². The molecule has 7 heteroatoms. The number of rotatable bonds is 9. The molecule has 4 rings (SSSR count). The van der Waals surface area contributed by atoms with Gasteiger partial charge in [-0.05, 0) is 44.0 Å². The molecule has 0 atom stereocenters. The Labute approximate surface area is 199 Å². The molecule has 3 aromatic rings. The molecule has 0 N–H and O–H groups in total. The van der Waals surface area contributed by atoms with E-state index in [9.17, 15) is 13.6 Å². The van der Waals surface area contributed by atoms with Crippen LogP contribution in [0.3, 0.4) is 0 Å². The Morgan fingerprint density at radius 3 is 2.53 bits per heavy atom. The Morgan fingerprint density at radius 1 is 1.09 bits per heavy atom. The molecule has 1 saturated heterocycles. The first-order valence-corrected chi connectivity index (χ1v) is 11.9. The number of alkyl halides is 2. The summed E-state index contributed by atoms with van der Waals surface area (Å²) in [6.45, 7) is 6.77. The van der Waals surface area contributed by atoms with Gasteiger partial charge in [0.15, 0.2) is 0 Å². The number of nitrogens with zero attached hydrogens (tertiary/aromatic N) is 2. The number of hydrogen-bond acceptors (Lipinski definition) is 4. The van der Waals surface area contributed by atoms with Gasteiger partial charge in [0.05, 0.1) is 18.8 Å². The van der Waals surface area contributed by atoms with Gasteiger partial charge in [-0.2, -0.15) is 0 Å². The highest BCUT2D eigenvalue weighted by Crippen LogP contribution is 2.31. The molecule has 0 unspecified atom stereocenters. The molecule has 34 heavy (non-hydrogen) atoms. The molecule has 1 aromatic heterocycles. The Hall–Kier alpha value is -2.93. The second-order valence-electron chi connectivity index (χ2n) is 8.83. The lowest BCUT2D eigenvalue weighted by atomic mass is 10.1. The van der Waals surface area contributed by atoms with Gasteiger partial charge in [0.1, 0.15) is 5.75 Å². The quantitative estimate of drug-likeness (QED) is 0.298. The summed E-state index contributed by atoms with van der Waals surface area (Å²) in [6.07, 6.45) is 0.614. The third kappa shape index (κ3) is 5.58. The van der Waals surface area contributed by atoms with E-state index in [0.717, 1.165) is 35.1 Å². The lowest BCUT2D eigenvalue weighted by molar-refractivity contribution is -0.0554. The van der Waals surface area contributed by atoms with Crippen LogP contribution in [0.15, 0.2) is 48.5 Å². The van der Waals surface area contributed by atoms with E-state index in [1.165, 1.54) is 0 Å². The van der Waals surface area contributed by atoms with Crippen LogP contribution in [0, 0.1) is 6.92 Å². The first-order chi connectivity index (χ1) is 16.4. The number of halogens is 2. The number of carbonyl (C=O) groups is 1. The fraction of sp³-hybridized carbons (Fsp3) is 0.444. The Balaban J connectivity index is 1.49. The number of benzene rings is 2. The zero-order chi connectivity index (χ0) is 24.1. The van der Waals surface area contributed by atoms with Crippen molar-refractivity contribution in [2.45, 2.75) is 45.6 Å². The largest absolute Gasteiger partial charge is 0.494 e. The van der Waals surface area contributed by atoms with Crippen LogP contribution in [0.25, 0.3) is 10.9 Å². The lowest BCUT2D eigenvalue weighted by Gasteiger charge is -2.31. The van der Waals surface area contributed by atoms with Gasteiger partial charge in [0.25, 0.3) is 5.92 Å². The first kappa shape index (κ1) is 24.2. The number of hydrogen-bond donors (Lipinski definition) is 0. The summed E-state index contributed by atoms with van der Waals surface area (Å²) in [7, 11) is 0. The van der Waals surface area contributed by atoms with Crippen molar-refractivity contribution in [3.05, 3.63) is 65.4 Å². The monoisotopic (exact) mass is 470 g/mol. The van der Waals surface area contributed by atoms with Gasteiger partial charge in [0.2, 0.25) is 0 Å². The minimum Gasteiger partial charge on any atom is -0.494 e. The van der Waals surface area contributed by atoms with Crippen molar-refractivity contribution in [2.75, 3.05) is 32.8 Å². The third-order valence-corrected chi connectivity index (χ3v) is 6.43. The number of aromatic nitrogens is 1. The summed E-state index contributed by atoms with van der Waals surface area (Å²) < 4.78 is 40.1. The van der Waals surface area contributed by atoms with Gasteiger partial charge in [-0.3, -0.25) is 0 Å². The molecule has 0 spiro atoms. The summed E-state index contributed by atoms with van der Waals surface area (Å²) in [6, 6.07) is 15.9. The third-order valence-electron chi connectivity index (χ3n) is 6.43. The summed E-state index contributed by atoms with van der Waals surface area (Å²) in [5, 5.41) is 0.808. The van der Waals surface area contributed by atoms with Crippen LogP contribution < -0.4 is 4.74 Å². The fourth-order valence-electron chi connectivity index (χ4n) is 4.56. The topological polar surface area (TPSA) is 43.7 Å². The predicted molar refractivity (Wildman–Crippen MR) is 129 cm³/mol. The van der Waals surface area contributed by atoms with Crippen molar-refractivity contribution >= 4 is 16.9 Å². The molecule has 0 saturated carbocycles. The highest BCUT2D eigenvalue weighted by molar-refractivity contribution is 6.06. The molecular weight excluding hydrogens is 438 g/mol. The van der Waals surface area contributed by atoms with Crippen LogP contribution in [0.4, 0.5) is 8.78 Å². The highest BCUT2D eigenvalue weighted by Gasteiger charge is 2.33. The maximum atomic E-state index is 13.3. The predicted octanol–water partition coefficient (Wildman–Crippen LogP) is 5.67. The molecule has 0 radical (unpaired) electrons. The van der Waals surface area contributed by atoms with Gasteiger partial charge in [0, 0.05) is 55.6 Å². The van der Waals surface area contributed by atoms with Gasteiger partial charge in [-0.15, -0.1) is 0 Å². The zero-order valence-electron chi connectivity index (χ0n) is 19.9. The summed E-state index contributed by atoms with van der Waals surface area (Å²) in [5.41, 5.74) is 3.52. The number of esters is 1. The van der Waals surface area contributed by atoms with E-state index in [1.807, 2.05) is 43.3 Å². The van der Waals surface area contributed by atoms with Crippen LogP contribution >= 0.6 is 0 Å². The average Bonchev–Trinajstić information content (AvgIpc) is 3.09. The second kappa shape index (κ2) is 10.6. The second-order valence-corrected chi connectivity index (χ2v) is 8.83. The smallest absolute Gasteiger partial charge is 0.340 e. The van der Waals surface area contributed by atoms with Crippen molar-refractivity contribution in [2.24, 2.45) is 0 Å². The molecule has 0 amide bonds. The number of ether oxygens (including phenoxy) is 2. The Kier molecular flexibility index (Phi) is 7.51. The minimum absolute atomic E-state index is 0.0690. The van der Waals surface area contributed by atoms with Crippen LogP contribution in [0.5, 0.6) is 5.75 Å². The molecule has 0 bridgehead atoms. The molecule has 1 aliphatic heterocycles. The summed E-state index contributed by atoms with van der Waals surface area (Å²) in [5.74, 6) is -2.18. The summed E-state index contributed by atoms with van der Waals surface area (Å²) >= 11 is 0. The van der Waals surface area contributed by atoms with Crippen LogP contribution in [-0.2, 0) is 11.3 Å². The van der Waals surface area contributed by atoms with Crippen LogP contribution in [0.1, 0.15) is 47.8 Å². The number of piperidine rings is 1. The van der Waals surface area contributed by atoms with Crippen molar-refractivity contribution in [1.29, 1.82) is 0 Å². The Bertz CT molecular complexity index is 1120. The van der Waals surface area contributed by atoms with Crippen molar-refractivity contribution < 1.29 is 23.0 Å². The van der Waals surface area contributed by atoms with E-state index in [4.69, 9.17) is 9.47 Å². The van der Waals surface area contributed by atoms with E-state index < -0.39 is 5.92 Å². The average molecular weight is 471 g/mol. The normalized spacial score (nSPS) is 16.0. The van der Waals surface area contributed by atoms with E-state index in [-0.39, 0.29) is 18.8 Å². The minimum atomic E-state index is -2.52. The van der Waals surface area contributed by atoms with E-state index >= 15 is 0 Å². The molecule has 182 valence electrons. The Morgan fingerprint density at radius 2 is 1.82 bits per heavy atom. The summed E-state index contributed by atoms with van der Waals surface area (Å²) in [4.78, 5) is 14.9. The van der Waals surface area contributed by atoms with Crippen molar-refractivity contribution in [3.8, 4) is 5.75 Å². The van der Waals surface area contributed by atoms with Gasteiger partial charge in [-0.25, -0.2) is 13.6 Å². The maximum absolute atomic E-state index is 13.3. The molecule has 0 aliphatic carbocycles. The van der Waals surface area contributed by atoms with E-state index in [1.54, 1.807) is 6.92 Å². The van der Waals surface area contributed by atoms with E-state index in [0.29, 0.717) is 44.2 Å². The molecule has 2 heterocycles. The standard InChI is InChI=1S/C27H32F2N2O3/c1-3-33-26(32)25-20(2)31(19-21-8-5-4-6-9-21)24-11-10-22(18-23(24)25)34-17-7-14-30-15-12-27(28,29)13-16-30/h4-6,8-11,18H,3,7,12-17,19H2,1-2H3. The van der Waals surface area contributed by atoms with Gasteiger partial charge in [-0.1, -0.05) is 30.3 Å². The van der Waals surface area contributed by atoms with Crippen molar-refractivity contribution in [1.82, 2.24) is 9.47 Å².